The van der Waals surface area contributed by atoms with Crippen LogP contribution in [0.15, 0.2) is 23.3 Å². The minimum absolute atomic E-state index is 0.129. The average Bonchev–Trinajstić information content (AvgIpc) is 2.16. The molecule has 0 rings (SSSR count). The van der Waals surface area contributed by atoms with Crippen LogP contribution in [0.4, 0.5) is 0 Å². The first kappa shape index (κ1) is 15.3. The molecule has 0 aliphatic carbocycles. The van der Waals surface area contributed by atoms with Gasteiger partial charge < -0.3 is 20.4 Å². The lowest BCUT2D eigenvalue weighted by atomic mass is 9.94. The molecule has 6 heteroatoms. The van der Waals surface area contributed by atoms with Crippen molar-refractivity contribution in [3.8, 4) is 0 Å². The third-order valence-corrected chi connectivity index (χ3v) is 2.12. The van der Waals surface area contributed by atoms with Crippen LogP contribution in [-0.2, 0) is 9.59 Å². The van der Waals surface area contributed by atoms with Gasteiger partial charge in [0, 0.05) is 24.2 Å². The van der Waals surface area contributed by atoms with E-state index >= 15 is 0 Å². The summed E-state index contributed by atoms with van der Waals surface area (Å²) in [6.07, 6.45) is 1.85. The molecule has 4 N–H and O–H groups in total. The van der Waals surface area contributed by atoms with Gasteiger partial charge in [0.05, 0.1) is 0 Å². The maximum absolute atomic E-state index is 10.6. The van der Waals surface area contributed by atoms with Gasteiger partial charge in [-0.3, -0.25) is 0 Å². The molecule has 0 atom stereocenters. The molecule has 0 bridgehead atoms. The summed E-state index contributed by atoms with van der Waals surface area (Å²) in [6, 6.07) is 0. The third kappa shape index (κ3) is 5.28. The fraction of sp³-hybridized carbons (Fsp3) is 0.455. The molecule has 17 heavy (non-hydrogen) atoms. The molecular weight excluding hydrogens is 228 g/mol. The topological polar surface area (TPSA) is 115 Å². The molecule has 0 saturated carbocycles. The smallest absolute Gasteiger partial charge is 0.331 e. The van der Waals surface area contributed by atoms with Crippen molar-refractivity contribution in [2.24, 2.45) is 0 Å². The quantitative estimate of drug-likeness (QED) is 0.495. The average molecular weight is 244 g/mol. The zero-order valence-corrected chi connectivity index (χ0v) is 9.67. The van der Waals surface area contributed by atoms with Crippen LogP contribution in [0.1, 0.15) is 20.3 Å². The molecule has 0 amide bonds. The first-order chi connectivity index (χ1) is 7.72. The molecule has 0 fully saturated rings. The highest BCUT2D eigenvalue weighted by molar-refractivity contribution is 5.87. The highest BCUT2D eigenvalue weighted by atomic mass is 16.4. The predicted octanol–water partition coefficient (Wildman–Crippen LogP) is 0.162. The Balaban J connectivity index is 5.31. The summed E-state index contributed by atoms with van der Waals surface area (Å²) >= 11 is 0. The van der Waals surface area contributed by atoms with E-state index < -0.39 is 24.1 Å². The molecule has 0 heterocycles. The summed E-state index contributed by atoms with van der Waals surface area (Å²) < 4.78 is 0. The summed E-state index contributed by atoms with van der Waals surface area (Å²) in [5.74, 6) is -2.44. The van der Waals surface area contributed by atoms with Gasteiger partial charge in [-0.2, -0.15) is 0 Å². The molecule has 6 nitrogen and oxygen atoms in total. The molecule has 96 valence electrons. The minimum Gasteiger partial charge on any atom is -0.478 e. The summed E-state index contributed by atoms with van der Waals surface area (Å²) in [5, 5.41) is 36.2. The Morgan fingerprint density at radius 3 is 1.65 bits per heavy atom. The maximum Gasteiger partial charge on any atom is 0.331 e. The second-order valence-electron chi connectivity index (χ2n) is 3.73. The van der Waals surface area contributed by atoms with Crippen LogP contribution in [0.3, 0.4) is 0 Å². The molecule has 0 radical (unpaired) electrons. The largest absolute Gasteiger partial charge is 0.478 e. The van der Waals surface area contributed by atoms with Gasteiger partial charge in [0.2, 0.25) is 0 Å². The number of carboxylic acids is 2. The lowest BCUT2D eigenvalue weighted by molar-refractivity contribution is -0.133. The van der Waals surface area contributed by atoms with E-state index in [2.05, 4.69) is 0 Å². The molecule has 0 aromatic rings. The van der Waals surface area contributed by atoms with Crippen molar-refractivity contribution >= 4 is 11.9 Å². The normalized spacial score (nSPS) is 16.5. The van der Waals surface area contributed by atoms with Crippen LogP contribution < -0.4 is 0 Å². The van der Waals surface area contributed by atoms with Crippen LogP contribution in [-0.4, -0.2) is 44.6 Å². The van der Waals surface area contributed by atoms with Crippen molar-refractivity contribution < 1.29 is 30.0 Å². The number of aliphatic carboxylic acids is 2. The van der Waals surface area contributed by atoms with E-state index in [1.807, 2.05) is 0 Å². The number of hydrogen-bond acceptors (Lipinski definition) is 4. The number of aliphatic hydroxyl groups is 2. The lowest BCUT2D eigenvalue weighted by Gasteiger charge is -2.20. The Bertz CT molecular complexity index is 336. The molecule has 0 aliphatic rings. The summed E-state index contributed by atoms with van der Waals surface area (Å²) in [4.78, 5) is 21.2. The van der Waals surface area contributed by atoms with Gasteiger partial charge in [-0.05, 0) is 26.0 Å². The van der Waals surface area contributed by atoms with Gasteiger partial charge in [-0.15, -0.1) is 0 Å². The van der Waals surface area contributed by atoms with E-state index in [0.29, 0.717) is 0 Å². The van der Waals surface area contributed by atoms with Crippen LogP contribution in [0.25, 0.3) is 0 Å². The van der Waals surface area contributed by atoms with E-state index in [9.17, 15) is 14.7 Å². The van der Waals surface area contributed by atoms with E-state index in [-0.39, 0.29) is 17.6 Å². The van der Waals surface area contributed by atoms with Crippen molar-refractivity contribution in [1.82, 2.24) is 0 Å². The monoisotopic (exact) mass is 244 g/mol. The van der Waals surface area contributed by atoms with Gasteiger partial charge in [0.15, 0.2) is 0 Å². The number of aliphatic hydroxyl groups excluding tert-OH is 1. The van der Waals surface area contributed by atoms with Gasteiger partial charge in [-0.25, -0.2) is 9.59 Å². The fourth-order valence-corrected chi connectivity index (χ4v) is 1.24. The first-order valence-corrected chi connectivity index (χ1v) is 4.90. The zero-order chi connectivity index (χ0) is 13.6. The van der Waals surface area contributed by atoms with Gasteiger partial charge in [0.25, 0.3) is 0 Å². The van der Waals surface area contributed by atoms with Crippen LogP contribution in [0.2, 0.25) is 0 Å². The molecule has 0 aromatic carbocycles. The standard InChI is InChI=1S/C11H16O6/c1-7(9(13)14)5-11(17,3-4-12)6-8(2)10(15)16/h5-6,12,17H,3-4H2,1-2H3,(H,13,14)(H,15,16). The molecule has 0 aliphatic heterocycles. The van der Waals surface area contributed by atoms with Crippen molar-refractivity contribution in [3.05, 3.63) is 23.3 Å². The second-order valence-corrected chi connectivity index (χ2v) is 3.73. The zero-order valence-electron chi connectivity index (χ0n) is 9.67. The lowest BCUT2D eigenvalue weighted by Crippen LogP contribution is -2.27. The first-order valence-electron chi connectivity index (χ1n) is 4.90. The van der Waals surface area contributed by atoms with Crippen molar-refractivity contribution in [1.29, 1.82) is 0 Å². The van der Waals surface area contributed by atoms with Crippen molar-refractivity contribution in [3.63, 3.8) is 0 Å². The van der Waals surface area contributed by atoms with Gasteiger partial charge >= 0.3 is 11.9 Å². The summed E-state index contributed by atoms with van der Waals surface area (Å²) in [6.45, 7) is 2.15. The van der Waals surface area contributed by atoms with Crippen LogP contribution in [0, 0.1) is 0 Å². The van der Waals surface area contributed by atoms with Crippen molar-refractivity contribution in [2.45, 2.75) is 25.9 Å². The number of carbonyl (C=O) groups is 2. The van der Waals surface area contributed by atoms with Gasteiger partial charge in [0.1, 0.15) is 5.60 Å². The Labute approximate surface area is 98.5 Å². The molecule has 0 unspecified atom stereocenters. The number of rotatable bonds is 6. The molecule has 0 saturated heterocycles. The van der Waals surface area contributed by atoms with Gasteiger partial charge in [-0.1, -0.05) is 0 Å². The van der Waals surface area contributed by atoms with E-state index in [1.165, 1.54) is 13.8 Å². The molecular formula is C11H16O6. The third-order valence-electron chi connectivity index (χ3n) is 2.12. The second kappa shape index (κ2) is 6.17. The highest BCUT2D eigenvalue weighted by Gasteiger charge is 2.23. The molecule has 0 spiro atoms. The van der Waals surface area contributed by atoms with Crippen molar-refractivity contribution in [2.75, 3.05) is 6.61 Å². The summed E-state index contributed by atoms with van der Waals surface area (Å²) in [5.41, 5.74) is -2.04. The van der Waals surface area contributed by atoms with Crippen LogP contribution in [0.5, 0.6) is 0 Å². The number of carboxylic acid groups (broad SMARTS) is 2. The van der Waals surface area contributed by atoms with E-state index in [0.717, 1.165) is 12.2 Å². The Morgan fingerprint density at radius 2 is 1.41 bits per heavy atom. The SMILES string of the molecule is CC(=CC(O)(C=C(C)C(=O)O)CCO)C(=O)O. The Hall–Kier alpha value is -1.66. The number of hydrogen-bond donors (Lipinski definition) is 4. The fourth-order valence-electron chi connectivity index (χ4n) is 1.24. The van der Waals surface area contributed by atoms with E-state index in [4.69, 9.17) is 15.3 Å². The minimum atomic E-state index is -1.78. The van der Waals surface area contributed by atoms with Crippen LogP contribution >= 0.6 is 0 Å². The maximum atomic E-state index is 10.6. The molecule has 0 aromatic heterocycles. The summed E-state index contributed by atoms with van der Waals surface area (Å²) in [7, 11) is 0. The predicted molar refractivity (Wildman–Crippen MR) is 59.4 cm³/mol. The highest BCUT2D eigenvalue weighted by Crippen LogP contribution is 2.18. The van der Waals surface area contributed by atoms with E-state index in [1.54, 1.807) is 0 Å². The Morgan fingerprint density at radius 1 is 1.06 bits per heavy atom. The Kier molecular flexibility index (Phi) is 5.57.